The third kappa shape index (κ3) is 6.33. The summed E-state index contributed by atoms with van der Waals surface area (Å²) in [6.07, 6.45) is 7.41. The molecule has 1 aromatic rings. The number of amides is 3. The maximum absolute atomic E-state index is 13.1. The highest BCUT2D eigenvalue weighted by Gasteiger charge is 2.40. The number of nitrogens with zero attached hydrogens (tertiary/aromatic N) is 4. The molecule has 3 N–H and O–H groups in total. The van der Waals surface area contributed by atoms with Gasteiger partial charge in [0.25, 0.3) is 5.91 Å². The summed E-state index contributed by atoms with van der Waals surface area (Å²) in [5, 5.41) is 2.37. The molecular weight excluding hydrogens is 528 g/mol. The third-order valence-electron chi connectivity index (χ3n) is 9.19. The lowest BCUT2D eigenvalue weighted by Crippen LogP contribution is -2.52. The highest BCUT2D eigenvalue weighted by Crippen LogP contribution is 2.35. The van der Waals surface area contributed by atoms with Gasteiger partial charge in [0.05, 0.1) is 6.54 Å². The van der Waals surface area contributed by atoms with Crippen molar-refractivity contribution in [2.24, 2.45) is 11.7 Å². The Morgan fingerprint density at radius 3 is 2.30 bits per heavy atom. The number of likely N-dealkylation sites (tertiary alicyclic amines) is 1. The van der Waals surface area contributed by atoms with Crippen LogP contribution in [-0.2, 0) is 16.1 Å². The highest BCUT2D eigenvalue weighted by molar-refractivity contribution is 7.94. The van der Waals surface area contributed by atoms with E-state index in [-0.39, 0.29) is 30.2 Å². The van der Waals surface area contributed by atoms with Crippen molar-refractivity contribution in [3.05, 3.63) is 29.3 Å². The quantitative estimate of drug-likeness (QED) is 0.376. The Kier molecular flexibility index (Phi) is 8.64. The van der Waals surface area contributed by atoms with Gasteiger partial charge in [-0.2, -0.15) is 0 Å². The number of rotatable bonds is 7. The maximum Gasteiger partial charge on any atom is 0.255 e. The molecule has 0 saturated carbocycles. The Bertz CT molecular complexity index is 1100. The maximum atomic E-state index is 13.1. The van der Waals surface area contributed by atoms with Crippen LogP contribution in [0, 0.1) is 5.92 Å². The van der Waals surface area contributed by atoms with Crippen LogP contribution in [0.25, 0.3) is 0 Å². The molecule has 6 rings (SSSR count). The minimum Gasteiger partial charge on any atom is -0.490 e. The minimum atomic E-state index is -0.608. The van der Waals surface area contributed by atoms with E-state index in [0.29, 0.717) is 24.6 Å². The lowest BCUT2D eigenvalue weighted by atomic mass is 9.96. The molecule has 1 atom stereocenters. The fourth-order valence-corrected chi connectivity index (χ4v) is 7.79. The first-order valence-electron chi connectivity index (χ1n) is 15.0. The largest absolute Gasteiger partial charge is 0.490 e. The van der Waals surface area contributed by atoms with Gasteiger partial charge in [-0.15, -0.1) is 0 Å². The zero-order valence-corrected chi connectivity index (χ0v) is 24.1. The van der Waals surface area contributed by atoms with E-state index in [4.69, 9.17) is 10.5 Å². The van der Waals surface area contributed by atoms with Crippen LogP contribution in [0.5, 0.6) is 5.75 Å². The van der Waals surface area contributed by atoms with Gasteiger partial charge in [0.15, 0.2) is 0 Å². The molecule has 0 aromatic heterocycles. The van der Waals surface area contributed by atoms with E-state index in [1.807, 2.05) is 30.3 Å². The van der Waals surface area contributed by atoms with Crippen LogP contribution in [-0.4, -0.2) is 100 Å². The van der Waals surface area contributed by atoms with Gasteiger partial charge in [0.2, 0.25) is 11.8 Å². The van der Waals surface area contributed by atoms with Gasteiger partial charge in [-0.25, -0.2) is 8.61 Å². The Morgan fingerprint density at radius 1 is 0.900 bits per heavy atom. The van der Waals surface area contributed by atoms with Gasteiger partial charge in [-0.05, 0) is 63.0 Å². The molecule has 5 aliphatic rings. The molecule has 1 aromatic carbocycles. The van der Waals surface area contributed by atoms with E-state index >= 15 is 0 Å². The van der Waals surface area contributed by atoms with Gasteiger partial charge < -0.3 is 20.3 Å². The number of carbonyl (C=O) groups is 3. The predicted molar refractivity (Wildman–Crippen MR) is 153 cm³/mol. The van der Waals surface area contributed by atoms with Gasteiger partial charge in [-0.1, -0.05) is 6.07 Å². The van der Waals surface area contributed by atoms with Gasteiger partial charge >= 0.3 is 0 Å². The van der Waals surface area contributed by atoms with Crippen LogP contribution < -0.4 is 15.8 Å². The number of benzene rings is 1. The Hall–Kier alpha value is -2.18. The van der Waals surface area contributed by atoms with Crippen molar-refractivity contribution < 1.29 is 19.1 Å². The first-order valence-corrected chi connectivity index (χ1v) is 15.7. The Morgan fingerprint density at radius 2 is 1.60 bits per heavy atom. The standard InChI is InChI=1S/C29H42N6O4S/c30-21-8-16-34(17-9-21)40-33-14-6-20(7-15-33)18-32-12-10-22(11-13-32)39-26-3-1-2-23-24(26)19-35(29(23)38)25-4-5-27(36)31-28(25)37/h1-3,20-22,25H,4-19,30H2,(H,31,36,37). The molecule has 10 nitrogen and oxygen atoms in total. The molecule has 11 heteroatoms. The normalized spacial score (nSPS) is 26.8. The molecule has 4 saturated heterocycles. The number of ether oxygens (including phenoxy) is 1. The van der Waals surface area contributed by atoms with Crippen molar-refractivity contribution >= 4 is 29.9 Å². The van der Waals surface area contributed by atoms with Gasteiger partial charge in [0.1, 0.15) is 17.9 Å². The average molecular weight is 571 g/mol. The molecule has 218 valence electrons. The summed E-state index contributed by atoms with van der Waals surface area (Å²) in [6.45, 7) is 8.09. The third-order valence-corrected chi connectivity index (χ3v) is 10.4. The van der Waals surface area contributed by atoms with Crippen molar-refractivity contribution in [3.8, 4) is 5.75 Å². The lowest BCUT2D eigenvalue weighted by molar-refractivity contribution is -0.136. The summed E-state index contributed by atoms with van der Waals surface area (Å²) in [5.74, 6) is 0.688. The second-order valence-electron chi connectivity index (χ2n) is 12.0. The number of hydrogen-bond donors (Lipinski definition) is 2. The molecule has 0 radical (unpaired) electrons. The van der Waals surface area contributed by atoms with Gasteiger partial charge in [0, 0.05) is 81.5 Å². The fourth-order valence-electron chi connectivity index (χ4n) is 6.72. The van der Waals surface area contributed by atoms with E-state index < -0.39 is 6.04 Å². The first kappa shape index (κ1) is 28.0. The number of hydrogen-bond acceptors (Lipinski definition) is 9. The van der Waals surface area contributed by atoms with E-state index in [9.17, 15) is 14.4 Å². The van der Waals surface area contributed by atoms with Gasteiger partial charge in [-0.3, -0.25) is 19.7 Å². The van der Waals surface area contributed by atoms with Crippen molar-refractivity contribution in [1.29, 1.82) is 0 Å². The van der Waals surface area contributed by atoms with E-state index in [0.717, 1.165) is 82.2 Å². The lowest BCUT2D eigenvalue weighted by Gasteiger charge is -2.39. The van der Waals surface area contributed by atoms with Crippen LogP contribution in [0.3, 0.4) is 0 Å². The van der Waals surface area contributed by atoms with Crippen LogP contribution >= 0.6 is 12.1 Å². The summed E-state index contributed by atoms with van der Waals surface area (Å²) >= 11 is 1.93. The molecule has 0 aliphatic carbocycles. The second-order valence-corrected chi connectivity index (χ2v) is 13.2. The topological polar surface area (TPSA) is 111 Å². The molecule has 1 unspecified atom stereocenters. The highest BCUT2D eigenvalue weighted by atomic mass is 32.2. The number of piperidine rings is 4. The number of nitrogens with two attached hydrogens (primary N) is 1. The molecular formula is C29H42N6O4S. The minimum absolute atomic E-state index is 0.124. The Labute approximate surface area is 241 Å². The molecule has 4 fully saturated rings. The SMILES string of the molecule is NC1CCN(SN2CCC(CN3CCC(Oc4cccc5c4CN(C4CCC(=O)NC4=O)C5=O)CC3)CC2)CC1. The summed E-state index contributed by atoms with van der Waals surface area (Å²) in [5.41, 5.74) is 7.51. The number of imide groups is 1. The fraction of sp³-hybridized carbons (Fsp3) is 0.690. The zero-order valence-electron chi connectivity index (χ0n) is 23.3. The van der Waals surface area contributed by atoms with Crippen LogP contribution in [0.2, 0.25) is 0 Å². The Balaban J connectivity index is 0.952. The molecule has 40 heavy (non-hydrogen) atoms. The van der Waals surface area contributed by atoms with Crippen molar-refractivity contribution in [2.45, 2.75) is 76.1 Å². The van der Waals surface area contributed by atoms with E-state index in [1.165, 1.54) is 19.4 Å². The average Bonchev–Trinajstić information content (AvgIpc) is 3.29. The predicted octanol–water partition coefficient (Wildman–Crippen LogP) is 1.99. The molecule has 3 amide bonds. The molecule has 0 bridgehead atoms. The van der Waals surface area contributed by atoms with Crippen LogP contribution in [0.4, 0.5) is 0 Å². The smallest absolute Gasteiger partial charge is 0.255 e. The van der Waals surface area contributed by atoms with Crippen molar-refractivity contribution in [3.63, 3.8) is 0 Å². The molecule has 0 spiro atoms. The van der Waals surface area contributed by atoms with Crippen LogP contribution in [0.15, 0.2) is 18.2 Å². The zero-order chi connectivity index (χ0) is 27.6. The number of fused-ring (bicyclic) bond motifs is 1. The van der Waals surface area contributed by atoms with E-state index in [2.05, 4.69) is 18.8 Å². The number of carbonyl (C=O) groups excluding carboxylic acids is 3. The monoisotopic (exact) mass is 570 g/mol. The summed E-state index contributed by atoms with van der Waals surface area (Å²) in [4.78, 5) is 41.3. The molecule has 5 heterocycles. The van der Waals surface area contributed by atoms with E-state index in [1.54, 1.807) is 4.90 Å². The van der Waals surface area contributed by atoms with Crippen molar-refractivity contribution in [2.75, 3.05) is 45.8 Å². The van der Waals surface area contributed by atoms with Crippen LogP contribution in [0.1, 0.15) is 67.3 Å². The molecule has 5 aliphatic heterocycles. The summed E-state index contributed by atoms with van der Waals surface area (Å²) in [6, 6.07) is 5.38. The first-order chi connectivity index (χ1) is 19.4. The second kappa shape index (κ2) is 12.4. The van der Waals surface area contributed by atoms with Crippen molar-refractivity contribution in [1.82, 2.24) is 23.7 Å². The summed E-state index contributed by atoms with van der Waals surface area (Å²) < 4.78 is 11.5. The number of nitrogens with one attached hydrogen (secondary N) is 1. The summed E-state index contributed by atoms with van der Waals surface area (Å²) in [7, 11) is 0.